The number of hydrogen-bond donors (Lipinski definition) is 4. The van der Waals surface area contributed by atoms with Crippen molar-refractivity contribution in [3.8, 4) is 11.1 Å². The fraction of sp³-hybridized carbons (Fsp3) is 0.185. The Labute approximate surface area is 202 Å². The van der Waals surface area contributed by atoms with E-state index in [0.29, 0.717) is 16.2 Å². The summed E-state index contributed by atoms with van der Waals surface area (Å²) in [5.41, 5.74) is 10.0. The third-order valence-electron chi connectivity index (χ3n) is 5.98. The number of nitrogens with two attached hydrogens (primary N) is 1. The summed E-state index contributed by atoms with van der Waals surface area (Å²) in [5.74, 6) is -0.828. The SMILES string of the molecule is C/C=C/C(=O)Nc1cccc(-c2c(Cl)cc(C(N)=O)c3[nH]c4cc(C(C)(C)O)ccc4c23)c1C. The average molecular weight is 476 g/mol. The van der Waals surface area contributed by atoms with E-state index >= 15 is 0 Å². The Morgan fingerprint density at radius 3 is 2.56 bits per heavy atom. The van der Waals surface area contributed by atoms with Crippen LogP contribution in [0.2, 0.25) is 5.02 Å². The van der Waals surface area contributed by atoms with E-state index in [0.717, 1.165) is 38.5 Å². The molecule has 6 nitrogen and oxygen atoms in total. The molecule has 174 valence electrons. The Balaban J connectivity index is 2.06. The molecular formula is C27H26ClN3O3. The van der Waals surface area contributed by atoms with Gasteiger partial charge in [0.15, 0.2) is 0 Å². The predicted molar refractivity (Wildman–Crippen MR) is 138 cm³/mol. The Morgan fingerprint density at radius 1 is 1.18 bits per heavy atom. The number of allylic oxidation sites excluding steroid dienone is 1. The molecule has 0 unspecified atom stereocenters. The molecule has 0 radical (unpaired) electrons. The summed E-state index contributed by atoms with van der Waals surface area (Å²) in [4.78, 5) is 27.7. The number of benzene rings is 3. The lowest BCUT2D eigenvalue weighted by Gasteiger charge is -2.17. The van der Waals surface area contributed by atoms with Crippen LogP contribution in [0.15, 0.2) is 54.6 Å². The Hall–Kier alpha value is -3.61. The summed E-state index contributed by atoms with van der Waals surface area (Å²) in [7, 11) is 0. The number of halogens is 1. The fourth-order valence-corrected chi connectivity index (χ4v) is 4.56. The number of aliphatic hydroxyl groups is 1. The molecular weight excluding hydrogens is 450 g/mol. The number of carbonyl (C=O) groups excluding carboxylic acids is 2. The van der Waals surface area contributed by atoms with Gasteiger partial charge in [-0.25, -0.2) is 0 Å². The van der Waals surface area contributed by atoms with Crippen molar-refractivity contribution < 1.29 is 14.7 Å². The molecule has 0 atom stereocenters. The van der Waals surface area contributed by atoms with Gasteiger partial charge in [0.1, 0.15) is 0 Å². The first-order valence-electron chi connectivity index (χ1n) is 10.9. The van der Waals surface area contributed by atoms with Crippen molar-refractivity contribution in [1.82, 2.24) is 4.98 Å². The van der Waals surface area contributed by atoms with Crippen molar-refractivity contribution in [3.05, 3.63) is 76.3 Å². The highest BCUT2D eigenvalue weighted by Crippen LogP contribution is 2.43. The Bertz CT molecular complexity index is 1490. The molecule has 5 N–H and O–H groups in total. The van der Waals surface area contributed by atoms with Gasteiger partial charge < -0.3 is 21.1 Å². The number of carbonyl (C=O) groups is 2. The maximum Gasteiger partial charge on any atom is 0.250 e. The van der Waals surface area contributed by atoms with Crippen LogP contribution in [0.1, 0.15) is 42.3 Å². The molecule has 0 aliphatic heterocycles. The van der Waals surface area contributed by atoms with Crippen molar-refractivity contribution in [2.75, 3.05) is 5.32 Å². The van der Waals surface area contributed by atoms with Gasteiger partial charge in [-0.1, -0.05) is 41.9 Å². The molecule has 0 spiro atoms. The number of aromatic nitrogens is 1. The highest BCUT2D eigenvalue weighted by Gasteiger charge is 2.23. The van der Waals surface area contributed by atoms with Crippen LogP contribution < -0.4 is 11.1 Å². The summed E-state index contributed by atoms with van der Waals surface area (Å²) < 4.78 is 0. The number of nitrogens with one attached hydrogen (secondary N) is 2. The smallest absolute Gasteiger partial charge is 0.250 e. The van der Waals surface area contributed by atoms with E-state index in [9.17, 15) is 14.7 Å². The van der Waals surface area contributed by atoms with Gasteiger partial charge in [0.05, 0.1) is 16.7 Å². The van der Waals surface area contributed by atoms with Crippen molar-refractivity contribution in [1.29, 1.82) is 0 Å². The number of fused-ring (bicyclic) bond motifs is 3. The molecule has 0 aliphatic rings. The third kappa shape index (κ3) is 4.06. The van der Waals surface area contributed by atoms with Crippen molar-refractivity contribution in [3.63, 3.8) is 0 Å². The van der Waals surface area contributed by atoms with Crippen molar-refractivity contribution in [2.45, 2.75) is 33.3 Å². The Morgan fingerprint density at radius 2 is 1.91 bits per heavy atom. The van der Waals surface area contributed by atoms with Crippen molar-refractivity contribution >= 4 is 50.9 Å². The molecule has 4 rings (SSSR count). The summed E-state index contributed by atoms with van der Waals surface area (Å²) in [6.45, 7) is 7.11. The highest BCUT2D eigenvalue weighted by molar-refractivity contribution is 6.37. The number of rotatable bonds is 5. The summed E-state index contributed by atoms with van der Waals surface area (Å²) in [6, 6.07) is 12.8. The van der Waals surface area contributed by atoms with E-state index in [2.05, 4.69) is 10.3 Å². The molecule has 0 aliphatic carbocycles. The molecule has 7 heteroatoms. The second-order valence-electron chi connectivity index (χ2n) is 8.81. The quantitative estimate of drug-likeness (QED) is 0.274. The van der Waals surface area contributed by atoms with E-state index in [1.54, 1.807) is 32.9 Å². The number of aromatic amines is 1. The van der Waals surface area contributed by atoms with Crippen LogP contribution in [0.3, 0.4) is 0 Å². The van der Waals surface area contributed by atoms with Gasteiger partial charge in [0, 0.05) is 32.6 Å². The first-order chi connectivity index (χ1) is 16.0. The summed E-state index contributed by atoms with van der Waals surface area (Å²) in [5, 5.41) is 15.3. The lowest BCUT2D eigenvalue weighted by Crippen LogP contribution is -2.14. The maximum atomic E-state index is 12.3. The molecule has 1 heterocycles. The molecule has 34 heavy (non-hydrogen) atoms. The average Bonchev–Trinajstić information content (AvgIpc) is 3.13. The van der Waals surface area contributed by atoms with Gasteiger partial charge in [-0.15, -0.1) is 0 Å². The van der Waals surface area contributed by atoms with Gasteiger partial charge in [-0.3, -0.25) is 9.59 Å². The molecule has 4 aromatic rings. The molecule has 2 amide bonds. The first kappa shape index (κ1) is 23.5. The van der Waals surface area contributed by atoms with E-state index < -0.39 is 11.5 Å². The van der Waals surface area contributed by atoms with Crippen LogP contribution in [0.25, 0.3) is 32.9 Å². The molecule has 0 saturated heterocycles. The Kier molecular flexibility index (Phi) is 5.98. The molecule has 0 fully saturated rings. The largest absolute Gasteiger partial charge is 0.386 e. The lowest BCUT2D eigenvalue weighted by molar-refractivity contribution is -0.111. The lowest BCUT2D eigenvalue weighted by atomic mass is 9.92. The van der Waals surface area contributed by atoms with Gasteiger partial charge in [-0.05, 0) is 68.7 Å². The zero-order valence-corrected chi connectivity index (χ0v) is 20.2. The minimum Gasteiger partial charge on any atom is -0.386 e. The topological polar surface area (TPSA) is 108 Å². The van der Waals surface area contributed by atoms with Crippen LogP contribution in [0.5, 0.6) is 0 Å². The van der Waals surface area contributed by atoms with Crippen LogP contribution >= 0.6 is 11.6 Å². The number of amides is 2. The minimum absolute atomic E-state index is 0.227. The number of hydrogen-bond acceptors (Lipinski definition) is 3. The molecule has 1 aromatic heterocycles. The minimum atomic E-state index is -1.03. The normalized spacial score (nSPS) is 12.1. The summed E-state index contributed by atoms with van der Waals surface area (Å²) >= 11 is 6.77. The van der Waals surface area contributed by atoms with Gasteiger partial charge in [0.2, 0.25) is 5.91 Å². The van der Waals surface area contributed by atoms with E-state index in [1.165, 1.54) is 6.08 Å². The second-order valence-corrected chi connectivity index (χ2v) is 9.21. The summed E-state index contributed by atoms with van der Waals surface area (Å²) in [6.07, 6.45) is 3.13. The third-order valence-corrected chi connectivity index (χ3v) is 6.28. The van der Waals surface area contributed by atoms with Crippen molar-refractivity contribution in [2.24, 2.45) is 5.73 Å². The molecule has 3 aromatic carbocycles. The monoisotopic (exact) mass is 475 g/mol. The molecule has 0 saturated carbocycles. The van der Waals surface area contributed by atoms with Gasteiger partial charge in [0.25, 0.3) is 5.91 Å². The van der Waals surface area contributed by atoms with Gasteiger partial charge in [-0.2, -0.15) is 0 Å². The zero-order chi connectivity index (χ0) is 24.8. The van der Waals surface area contributed by atoms with Crippen LogP contribution in [0.4, 0.5) is 5.69 Å². The van der Waals surface area contributed by atoms with Gasteiger partial charge >= 0.3 is 0 Å². The van der Waals surface area contributed by atoms with E-state index in [1.807, 2.05) is 43.3 Å². The standard InChI is InChI=1S/C27H26ClN3O3/c1-5-7-22(32)30-20-9-6-8-16(14(20)2)23-19(28)13-18(26(29)33)25-24(23)17-11-10-15(27(3,4)34)12-21(17)31-25/h5-13,31,34H,1-4H3,(H2,29,33)(H,30,32)/b7-5+. The van der Waals surface area contributed by atoms with Crippen LogP contribution in [-0.4, -0.2) is 21.9 Å². The highest BCUT2D eigenvalue weighted by atomic mass is 35.5. The number of H-pyrrole nitrogens is 1. The predicted octanol–water partition coefficient (Wildman–Crippen LogP) is 5.79. The zero-order valence-electron chi connectivity index (χ0n) is 19.4. The maximum absolute atomic E-state index is 12.3. The number of primary amides is 1. The number of anilines is 1. The van der Waals surface area contributed by atoms with Crippen LogP contribution in [0, 0.1) is 6.92 Å². The van der Waals surface area contributed by atoms with Crippen LogP contribution in [-0.2, 0) is 10.4 Å². The van der Waals surface area contributed by atoms with E-state index in [-0.39, 0.29) is 11.5 Å². The first-order valence-corrected chi connectivity index (χ1v) is 11.2. The van der Waals surface area contributed by atoms with E-state index in [4.69, 9.17) is 17.3 Å². The molecule has 0 bridgehead atoms. The fourth-order valence-electron chi connectivity index (χ4n) is 4.26. The second kappa shape index (κ2) is 8.63.